The maximum Gasteiger partial charge on any atom is 0.329 e. The molecule has 1 amide bonds. The highest BCUT2D eigenvalue weighted by Gasteiger charge is 2.34. The predicted octanol–water partition coefficient (Wildman–Crippen LogP) is 5.37. The van der Waals surface area contributed by atoms with Crippen molar-refractivity contribution in [3.63, 3.8) is 0 Å². The molecule has 192 valence electrons. The number of hydrogen-bond donors (Lipinski definition) is 2. The summed E-state index contributed by atoms with van der Waals surface area (Å²) in [5.74, 6) is 1.26. The summed E-state index contributed by atoms with van der Waals surface area (Å²) in [6.45, 7) is 13.6. The van der Waals surface area contributed by atoms with Gasteiger partial charge in [-0.3, -0.25) is 4.79 Å². The van der Waals surface area contributed by atoms with Crippen LogP contribution in [0.15, 0.2) is 30.3 Å². The van der Waals surface area contributed by atoms with Crippen molar-refractivity contribution in [1.29, 1.82) is 0 Å². The van der Waals surface area contributed by atoms with Crippen molar-refractivity contribution in [3.05, 3.63) is 35.9 Å². The highest BCUT2D eigenvalue weighted by atomic mass is 16.5. The molecule has 5 nitrogen and oxygen atoms in total. The Morgan fingerprint density at radius 2 is 1.56 bits per heavy atom. The van der Waals surface area contributed by atoms with Crippen LogP contribution in [0.5, 0.6) is 0 Å². The summed E-state index contributed by atoms with van der Waals surface area (Å²) in [4.78, 5) is 26.7. The van der Waals surface area contributed by atoms with E-state index in [0.717, 1.165) is 37.7 Å². The number of rotatable bonds is 5. The molecule has 1 aromatic rings. The maximum atomic E-state index is 13.5. The van der Waals surface area contributed by atoms with E-state index in [1.54, 1.807) is 0 Å². The fraction of sp³-hybridized carbons (Fsp3) is 0.724. The van der Waals surface area contributed by atoms with Crippen molar-refractivity contribution in [1.82, 2.24) is 5.32 Å². The first-order valence-corrected chi connectivity index (χ1v) is 13.4. The normalized spacial score (nSPS) is 33.2. The number of nitrogens with one attached hydrogen (secondary N) is 1. The van der Waals surface area contributed by atoms with Crippen molar-refractivity contribution in [2.45, 2.75) is 92.2 Å². The molecule has 3 N–H and O–H groups in total. The highest BCUT2D eigenvalue weighted by Crippen LogP contribution is 2.31. The Balaban J connectivity index is 2.37. The third-order valence-corrected chi connectivity index (χ3v) is 7.63. The number of cyclic esters (lactones) is 1. The first-order valence-electron chi connectivity index (χ1n) is 13.4. The number of esters is 1. The minimum Gasteiger partial charge on any atom is -0.460 e. The van der Waals surface area contributed by atoms with Crippen LogP contribution in [0.25, 0.3) is 0 Å². The number of hydrogen-bond acceptors (Lipinski definition) is 4. The van der Waals surface area contributed by atoms with E-state index in [4.69, 9.17) is 10.5 Å². The van der Waals surface area contributed by atoms with Crippen LogP contribution in [0.1, 0.15) is 79.2 Å². The summed E-state index contributed by atoms with van der Waals surface area (Å²) in [5, 5.41) is 3.04. The zero-order valence-electron chi connectivity index (χ0n) is 22.3. The standard InChI is InChI=1S/C29H48N2O3/c1-7-22(5)27-25(18-30)16-21(4)14-19(2)13-20(3)15-23(6)28(32)31-26(29(33)34-27)17-24-11-9-8-10-12-24/h8-12,19-23,25-27H,7,13-18,30H2,1-6H3,(H,31,32). The fourth-order valence-corrected chi connectivity index (χ4v) is 5.74. The SMILES string of the molecule is CCC(C)C1OC(=O)C(Cc2ccccc2)NC(=O)C(C)CC(C)CC(C)CC(C)CC1CN. The Kier molecular flexibility index (Phi) is 11.6. The zero-order valence-corrected chi connectivity index (χ0v) is 22.3. The molecule has 0 saturated carbocycles. The number of amides is 1. The first-order chi connectivity index (χ1) is 16.1. The number of carbonyl (C=O) groups excluding carboxylic acids is 2. The van der Waals surface area contributed by atoms with E-state index in [2.05, 4.69) is 39.9 Å². The van der Waals surface area contributed by atoms with Gasteiger partial charge in [0.25, 0.3) is 0 Å². The Hall–Kier alpha value is -1.88. The summed E-state index contributed by atoms with van der Waals surface area (Å²) >= 11 is 0. The van der Waals surface area contributed by atoms with Crippen molar-refractivity contribution >= 4 is 11.9 Å². The largest absolute Gasteiger partial charge is 0.460 e. The maximum absolute atomic E-state index is 13.5. The molecule has 1 fully saturated rings. The van der Waals surface area contributed by atoms with Crippen molar-refractivity contribution in [2.75, 3.05) is 6.54 Å². The monoisotopic (exact) mass is 472 g/mol. The fourth-order valence-electron chi connectivity index (χ4n) is 5.74. The van der Waals surface area contributed by atoms with Gasteiger partial charge in [0.2, 0.25) is 5.91 Å². The van der Waals surface area contributed by atoms with Gasteiger partial charge in [0.05, 0.1) is 0 Å². The van der Waals surface area contributed by atoms with Gasteiger partial charge in [-0.2, -0.15) is 0 Å². The van der Waals surface area contributed by atoms with E-state index >= 15 is 0 Å². The first kappa shape index (κ1) is 28.4. The Morgan fingerprint density at radius 3 is 2.15 bits per heavy atom. The lowest BCUT2D eigenvalue weighted by Crippen LogP contribution is -2.48. The third-order valence-electron chi connectivity index (χ3n) is 7.63. The van der Waals surface area contributed by atoms with Crippen LogP contribution in [-0.2, 0) is 20.7 Å². The van der Waals surface area contributed by atoms with Crippen LogP contribution in [-0.4, -0.2) is 30.6 Å². The smallest absolute Gasteiger partial charge is 0.329 e. The summed E-state index contributed by atoms with van der Waals surface area (Å²) < 4.78 is 6.21. The van der Waals surface area contributed by atoms with E-state index in [9.17, 15) is 9.59 Å². The second kappa shape index (κ2) is 13.9. The lowest BCUT2D eigenvalue weighted by atomic mass is 9.80. The molecule has 0 aliphatic carbocycles. The molecule has 0 bridgehead atoms. The van der Waals surface area contributed by atoms with E-state index in [1.807, 2.05) is 37.3 Å². The van der Waals surface area contributed by atoms with Gasteiger partial charge < -0.3 is 15.8 Å². The van der Waals surface area contributed by atoms with Crippen LogP contribution >= 0.6 is 0 Å². The second-order valence-corrected chi connectivity index (χ2v) is 11.2. The predicted molar refractivity (Wildman–Crippen MR) is 139 cm³/mol. The molecule has 1 aliphatic rings. The van der Waals surface area contributed by atoms with Gasteiger partial charge in [0, 0.05) is 18.3 Å². The average Bonchev–Trinajstić information content (AvgIpc) is 2.79. The van der Waals surface area contributed by atoms with Gasteiger partial charge in [0.1, 0.15) is 12.1 Å². The topological polar surface area (TPSA) is 81.4 Å². The summed E-state index contributed by atoms with van der Waals surface area (Å²) in [7, 11) is 0. The van der Waals surface area contributed by atoms with Gasteiger partial charge in [0.15, 0.2) is 0 Å². The molecule has 1 aromatic carbocycles. The van der Waals surface area contributed by atoms with Crippen LogP contribution in [0.4, 0.5) is 0 Å². The summed E-state index contributed by atoms with van der Waals surface area (Å²) in [5.41, 5.74) is 7.25. The van der Waals surface area contributed by atoms with Crippen molar-refractivity contribution in [3.8, 4) is 0 Å². The number of benzene rings is 1. The quantitative estimate of drug-likeness (QED) is 0.565. The van der Waals surface area contributed by atoms with E-state index in [1.165, 1.54) is 0 Å². The highest BCUT2D eigenvalue weighted by molar-refractivity contribution is 5.86. The molecule has 0 spiro atoms. The molecule has 1 heterocycles. The Morgan fingerprint density at radius 1 is 0.971 bits per heavy atom. The molecule has 0 radical (unpaired) electrons. The van der Waals surface area contributed by atoms with Gasteiger partial charge in [-0.15, -0.1) is 0 Å². The number of nitrogens with two attached hydrogens (primary N) is 1. The van der Waals surface area contributed by atoms with Crippen LogP contribution in [0.3, 0.4) is 0 Å². The molecule has 5 heteroatoms. The molecule has 1 saturated heterocycles. The lowest BCUT2D eigenvalue weighted by molar-refractivity contribution is -0.159. The van der Waals surface area contributed by atoms with E-state index in [0.29, 0.717) is 30.7 Å². The van der Waals surface area contributed by atoms with Crippen LogP contribution in [0.2, 0.25) is 0 Å². The minimum atomic E-state index is -0.709. The second-order valence-electron chi connectivity index (χ2n) is 11.2. The molecule has 8 atom stereocenters. The van der Waals surface area contributed by atoms with Crippen LogP contribution < -0.4 is 11.1 Å². The number of carbonyl (C=O) groups is 2. The van der Waals surface area contributed by atoms with E-state index in [-0.39, 0.29) is 35.7 Å². The Bertz CT molecular complexity index is 753. The Labute approximate surface area is 207 Å². The molecule has 2 rings (SSSR count). The molecule has 1 aliphatic heterocycles. The van der Waals surface area contributed by atoms with E-state index < -0.39 is 6.04 Å². The van der Waals surface area contributed by atoms with Crippen LogP contribution in [0, 0.1) is 35.5 Å². The molecular formula is C29H48N2O3. The number of ether oxygens (including phenoxy) is 1. The summed E-state index contributed by atoms with van der Waals surface area (Å²) in [6, 6.07) is 9.12. The van der Waals surface area contributed by atoms with Gasteiger partial charge in [-0.05, 0) is 61.5 Å². The zero-order chi connectivity index (χ0) is 25.3. The summed E-state index contributed by atoms with van der Waals surface area (Å²) in [6.07, 6.45) is 5.07. The third kappa shape index (κ3) is 8.72. The van der Waals surface area contributed by atoms with Gasteiger partial charge >= 0.3 is 5.97 Å². The molecule has 8 unspecified atom stereocenters. The van der Waals surface area contributed by atoms with Gasteiger partial charge in [-0.1, -0.05) is 78.3 Å². The molecule has 34 heavy (non-hydrogen) atoms. The van der Waals surface area contributed by atoms with Crippen molar-refractivity contribution < 1.29 is 14.3 Å². The van der Waals surface area contributed by atoms with Crippen molar-refractivity contribution in [2.24, 2.45) is 41.2 Å². The average molecular weight is 473 g/mol. The molecular weight excluding hydrogens is 424 g/mol. The molecule has 0 aromatic heterocycles. The minimum absolute atomic E-state index is 0.0731. The van der Waals surface area contributed by atoms with Gasteiger partial charge in [-0.25, -0.2) is 4.79 Å². The lowest BCUT2D eigenvalue weighted by Gasteiger charge is -2.33.